The predicted octanol–water partition coefficient (Wildman–Crippen LogP) is 0.600. The Balaban J connectivity index is 3.56. The van der Waals surface area contributed by atoms with E-state index in [1.54, 1.807) is 12.1 Å². The minimum absolute atomic E-state index is 0.0978. The molecule has 0 radical (unpaired) electrons. The molecule has 0 spiro atoms. The Labute approximate surface area is 86.7 Å². The van der Waals surface area contributed by atoms with Crippen molar-refractivity contribution >= 4 is 5.91 Å². The van der Waals surface area contributed by atoms with Crippen LogP contribution in [0.25, 0.3) is 0 Å². The number of hydrogen-bond acceptors (Lipinski definition) is 4. The normalized spacial score (nSPS) is 14.7. The predicted molar refractivity (Wildman–Crippen MR) is 49.3 cm³/mol. The van der Waals surface area contributed by atoms with Gasteiger partial charge in [0, 0.05) is 12.6 Å². The Morgan fingerprint density at radius 3 is 2.20 bits per heavy atom. The molecule has 0 fully saturated rings. The quantitative estimate of drug-likeness (QED) is 0.533. The van der Waals surface area contributed by atoms with E-state index in [9.17, 15) is 4.79 Å². The monoisotopic (exact) mass is 198 g/mol. The molecule has 0 aromatic rings. The van der Waals surface area contributed by atoms with Crippen LogP contribution in [0.3, 0.4) is 0 Å². The first-order valence-electron chi connectivity index (χ1n) is 4.02. The second kappa shape index (κ2) is 3.65. The highest BCUT2D eigenvalue weighted by molar-refractivity contribution is 6.01. The third-order valence-corrected chi connectivity index (χ3v) is 2.14. The maximum Gasteiger partial charge on any atom is 0.255 e. The van der Waals surface area contributed by atoms with E-state index in [4.69, 9.17) is 15.8 Å². The SMILES string of the molecule is CC1=C(C#N)C(=C(C#N)C#N)N(C)C1=O. The van der Waals surface area contributed by atoms with E-state index in [1.807, 2.05) is 6.07 Å². The van der Waals surface area contributed by atoms with Crippen LogP contribution in [0.15, 0.2) is 22.4 Å². The molecule has 0 aromatic heterocycles. The van der Waals surface area contributed by atoms with Crippen molar-refractivity contribution in [1.29, 1.82) is 15.8 Å². The van der Waals surface area contributed by atoms with Crippen molar-refractivity contribution < 1.29 is 4.79 Å². The number of hydrogen-bond donors (Lipinski definition) is 0. The zero-order valence-electron chi connectivity index (χ0n) is 8.20. The Morgan fingerprint density at radius 2 is 1.80 bits per heavy atom. The van der Waals surface area contributed by atoms with Crippen LogP contribution in [-0.4, -0.2) is 17.9 Å². The second-order valence-corrected chi connectivity index (χ2v) is 2.92. The highest BCUT2D eigenvalue weighted by atomic mass is 16.2. The number of allylic oxidation sites excluding steroid dienone is 2. The van der Waals surface area contributed by atoms with Gasteiger partial charge in [-0.3, -0.25) is 4.79 Å². The lowest BCUT2D eigenvalue weighted by molar-refractivity contribution is -0.123. The van der Waals surface area contributed by atoms with E-state index in [2.05, 4.69) is 0 Å². The molecule has 1 amide bonds. The molecule has 1 aliphatic heterocycles. The molecule has 5 heteroatoms. The van der Waals surface area contributed by atoms with E-state index in [-0.39, 0.29) is 28.3 Å². The van der Waals surface area contributed by atoms with E-state index in [0.717, 1.165) is 4.90 Å². The van der Waals surface area contributed by atoms with E-state index in [0.29, 0.717) is 0 Å². The topological polar surface area (TPSA) is 91.7 Å². The average molecular weight is 198 g/mol. The molecule has 0 saturated carbocycles. The standard InChI is InChI=1S/C10H6N4O/c1-6-8(5-13)9(7(3-11)4-12)14(2)10(6)15/h1-2H3. The summed E-state index contributed by atoms with van der Waals surface area (Å²) in [5, 5.41) is 26.2. The van der Waals surface area contributed by atoms with Gasteiger partial charge in [0.25, 0.3) is 5.91 Å². The van der Waals surface area contributed by atoms with Gasteiger partial charge in [0.2, 0.25) is 0 Å². The van der Waals surface area contributed by atoms with E-state index in [1.165, 1.54) is 14.0 Å². The zero-order valence-corrected chi connectivity index (χ0v) is 8.20. The van der Waals surface area contributed by atoms with Crippen LogP contribution in [0.4, 0.5) is 0 Å². The first-order chi connectivity index (χ1) is 7.08. The van der Waals surface area contributed by atoms with Gasteiger partial charge in [0.15, 0.2) is 5.57 Å². The van der Waals surface area contributed by atoms with Crippen LogP contribution in [0.2, 0.25) is 0 Å². The van der Waals surface area contributed by atoms with Gasteiger partial charge in [-0.1, -0.05) is 0 Å². The third-order valence-electron chi connectivity index (χ3n) is 2.14. The Hall–Kier alpha value is -2.58. The molecule has 0 unspecified atom stereocenters. The molecule has 15 heavy (non-hydrogen) atoms. The van der Waals surface area contributed by atoms with Crippen molar-refractivity contribution in [3.63, 3.8) is 0 Å². The summed E-state index contributed by atoms with van der Waals surface area (Å²) >= 11 is 0. The number of carbonyl (C=O) groups is 1. The number of nitrogens with zero attached hydrogens (tertiary/aromatic N) is 4. The summed E-state index contributed by atoms with van der Waals surface area (Å²) in [7, 11) is 1.43. The molecular weight excluding hydrogens is 192 g/mol. The summed E-state index contributed by atoms with van der Waals surface area (Å²) < 4.78 is 0. The molecule has 0 N–H and O–H groups in total. The fourth-order valence-corrected chi connectivity index (χ4v) is 1.37. The highest BCUT2D eigenvalue weighted by Gasteiger charge is 2.32. The van der Waals surface area contributed by atoms with Crippen LogP contribution in [0, 0.1) is 34.0 Å². The van der Waals surface area contributed by atoms with Crippen molar-refractivity contribution in [2.75, 3.05) is 7.05 Å². The second-order valence-electron chi connectivity index (χ2n) is 2.92. The summed E-state index contributed by atoms with van der Waals surface area (Å²) in [5.41, 5.74) is 0.239. The van der Waals surface area contributed by atoms with E-state index < -0.39 is 0 Å². The number of nitriles is 3. The average Bonchev–Trinajstić information content (AvgIpc) is 2.46. The van der Waals surface area contributed by atoms with Gasteiger partial charge < -0.3 is 4.90 Å². The third kappa shape index (κ3) is 1.35. The fourth-order valence-electron chi connectivity index (χ4n) is 1.37. The van der Waals surface area contributed by atoms with Gasteiger partial charge in [-0.05, 0) is 6.92 Å². The first kappa shape index (κ1) is 10.5. The maximum atomic E-state index is 11.5. The van der Waals surface area contributed by atoms with Gasteiger partial charge >= 0.3 is 0 Å². The summed E-state index contributed by atoms with van der Waals surface area (Å²) in [6.07, 6.45) is 0. The van der Waals surface area contributed by atoms with E-state index >= 15 is 0 Å². The van der Waals surface area contributed by atoms with Gasteiger partial charge in [0.1, 0.15) is 18.2 Å². The number of amides is 1. The largest absolute Gasteiger partial charge is 0.309 e. The van der Waals surface area contributed by atoms with Crippen molar-refractivity contribution in [3.8, 4) is 18.2 Å². The van der Waals surface area contributed by atoms with Crippen LogP contribution in [0.1, 0.15) is 6.92 Å². The Kier molecular flexibility index (Phi) is 2.56. The van der Waals surface area contributed by atoms with Crippen molar-refractivity contribution in [2.24, 2.45) is 0 Å². The molecule has 1 heterocycles. The molecule has 0 saturated heterocycles. The van der Waals surface area contributed by atoms with Crippen LogP contribution < -0.4 is 0 Å². The molecule has 72 valence electrons. The summed E-state index contributed by atoms with van der Waals surface area (Å²) in [6.45, 7) is 1.50. The minimum atomic E-state index is -0.357. The lowest BCUT2D eigenvalue weighted by atomic mass is 10.1. The lowest BCUT2D eigenvalue weighted by Gasteiger charge is -2.10. The molecule has 0 aromatic carbocycles. The van der Waals surface area contributed by atoms with Crippen LogP contribution in [0.5, 0.6) is 0 Å². The lowest BCUT2D eigenvalue weighted by Crippen LogP contribution is -2.21. The summed E-state index contributed by atoms with van der Waals surface area (Å²) in [4.78, 5) is 12.6. The van der Waals surface area contributed by atoms with Gasteiger partial charge in [-0.2, -0.15) is 15.8 Å². The molecule has 0 atom stereocenters. The fraction of sp³-hybridized carbons (Fsp3) is 0.200. The molecule has 0 aliphatic carbocycles. The van der Waals surface area contributed by atoms with Gasteiger partial charge in [0.05, 0.1) is 11.3 Å². The number of rotatable bonds is 0. The Bertz CT molecular complexity index is 503. The Morgan fingerprint density at radius 1 is 1.27 bits per heavy atom. The van der Waals surface area contributed by atoms with Crippen molar-refractivity contribution in [1.82, 2.24) is 4.90 Å². The highest BCUT2D eigenvalue weighted by Crippen LogP contribution is 2.29. The maximum absolute atomic E-state index is 11.5. The van der Waals surface area contributed by atoms with Crippen molar-refractivity contribution in [2.45, 2.75) is 6.92 Å². The summed E-state index contributed by atoms with van der Waals surface area (Å²) in [5.74, 6) is -0.357. The van der Waals surface area contributed by atoms with Crippen LogP contribution >= 0.6 is 0 Å². The zero-order chi connectivity index (χ0) is 11.6. The minimum Gasteiger partial charge on any atom is -0.309 e. The molecule has 1 aliphatic rings. The molecule has 5 nitrogen and oxygen atoms in total. The van der Waals surface area contributed by atoms with Gasteiger partial charge in [-0.25, -0.2) is 0 Å². The molecule has 0 bridgehead atoms. The van der Waals surface area contributed by atoms with Crippen LogP contribution in [-0.2, 0) is 4.79 Å². The van der Waals surface area contributed by atoms with Gasteiger partial charge in [-0.15, -0.1) is 0 Å². The smallest absolute Gasteiger partial charge is 0.255 e. The van der Waals surface area contributed by atoms with Crippen molar-refractivity contribution in [3.05, 3.63) is 22.4 Å². The molecule has 1 rings (SSSR count). The summed E-state index contributed by atoms with van der Waals surface area (Å²) in [6, 6.07) is 5.17. The number of likely N-dealkylation sites (N-methyl/N-ethyl adjacent to an activating group) is 1. The first-order valence-corrected chi connectivity index (χ1v) is 4.02. The molecular formula is C10H6N4O. The number of carbonyl (C=O) groups excluding carboxylic acids is 1.